The van der Waals surface area contributed by atoms with Crippen molar-refractivity contribution in [1.82, 2.24) is 19.5 Å². The van der Waals surface area contributed by atoms with Gasteiger partial charge < -0.3 is 10.4 Å². The van der Waals surface area contributed by atoms with E-state index in [1.54, 1.807) is 23.0 Å². The Bertz CT molecular complexity index is 976. The van der Waals surface area contributed by atoms with E-state index in [1.807, 2.05) is 18.2 Å². The predicted octanol–water partition coefficient (Wildman–Crippen LogP) is 2.89. The molecule has 1 aliphatic heterocycles. The predicted molar refractivity (Wildman–Crippen MR) is 112 cm³/mol. The van der Waals surface area contributed by atoms with Crippen LogP contribution in [0.5, 0.6) is 0 Å². The molecular weight excluding hydrogens is 366 g/mol. The Balaban J connectivity index is 1.50. The summed E-state index contributed by atoms with van der Waals surface area (Å²) in [6.45, 7) is 3.11. The molecule has 3 heterocycles. The molecule has 2 aromatic heterocycles. The van der Waals surface area contributed by atoms with Crippen LogP contribution in [0.3, 0.4) is 0 Å². The standard InChI is InChI=1S/C22H27N5O2/c28-12-9-17-14-23-21-13-20(25-27(21)15-17)22(29)24-19-8-4-3-7-18(19)16-26-10-5-1-2-6-11-26/h3-4,7-8,13-15,28H,1-2,5-6,9-12,16H2,(H,24,29). The second-order valence-electron chi connectivity index (χ2n) is 7.57. The second-order valence-corrected chi connectivity index (χ2v) is 7.57. The van der Waals surface area contributed by atoms with Gasteiger partial charge in [0.1, 0.15) is 0 Å². The number of amides is 1. The molecule has 2 N–H and O–H groups in total. The van der Waals surface area contributed by atoms with E-state index in [0.29, 0.717) is 17.8 Å². The van der Waals surface area contributed by atoms with E-state index in [0.717, 1.165) is 36.4 Å². The number of aliphatic hydroxyl groups excluding tert-OH is 1. The molecule has 1 fully saturated rings. The lowest BCUT2D eigenvalue weighted by atomic mass is 10.1. The molecule has 1 saturated heterocycles. The molecule has 1 aliphatic rings. The van der Waals surface area contributed by atoms with Crippen LogP contribution in [-0.4, -0.2) is 50.2 Å². The number of carbonyl (C=O) groups excluding carboxylic acids is 1. The Morgan fingerprint density at radius 3 is 2.72 bits per heavy atom. The number of fused-ring (bicyclic) bond motifs is 1. The van der Waals surface area contributed by atoms with Crippen molar-refractivity contribution in [2.45, 2.75) is 38.6 Å². The smallest absolute Gasteiger partial charge is 0.276 e. The summed E-state index contributed by atoms with van der Waals surface area (Å²) < 4.78 is 1.59. The average Bonchev–Trinajstić information content (AvgIpc) is 2.98. The number of likely N-dealkylation sites (tertiary alicyclic amines) is 1. The maximum Gasteiger partial charge on any atom is 0.276 e. The van der Waals surface area contributed by atoms with Gasteiger partial charge in [-0.2, -0.15) is 5.10 Å². The molecule has 4 rings (SSSR count). The van der Waals surface area contributed by atoms with Gasteiger partial charge in [0, 0.05) is 37.3 Å². The topological polar surface area (TPSA) is 82.8 Å². The quantitative estimate of drug-likeness (QED) is 0.673. The van der Waals surface area contributed by atoms with Crippen molar-refractivity contribution in [3.63, 3.8) is 0 Å². The van der Waals surface area contributed by atoms with Crippen molar-refractivity contribution in [3.05, 3.63) is 59.5 Å². The fourth-order valence-electron chi connectivity index (χ4n) is 3.79. The van der Waals surface area contributed by atoms with E-state index in [9.17, 15) is 4.79 Å². The number of nitrogens with zero attached hydrogens (tertiary/aromatic N) is 4. The summed E-state index contributed by atoms with van der Waals surface area (Å²) in [5.41, 5.74) is 3.75. The molecule has 0 spiro atoms. The maximum absolute atomic E-state index is 12.8. The highest BCUT2D eigenvalue weighted by molar-refractivity contribution is 6.03. The summed E-state index contributed by atoms with van der Waals surface area (Å²) in [4.78, 5) is 19.6. The zero-order valence-corrected chi connectivity index (χ0v) is 16.5. The number of rotatable bonds is 6. The normalized spacial score (nSPS) is 15.3. The summed E-state index contributed by atoms with van der Waals surface area (Å²) in [7, 11) is 0. The molecule has 7 heteroatoms. The summed E-state index contributed by atoms with van der Waals surface area (Å²) in [6.07, 6.45) is 9.08. The zero-order chi connectivity index (χ0) is 20.1. The van der Waals surface area contributed by atoms with Crippen molar-refractivity contribution >= 4 is 17.2 Å². The molecule has 29 heavy (non-hydrogen) atoms. The molecule has 1 aromatic carbocycles. The van der Waals surface area contributed by atoms with Gasteiger partial charge in [-0.15, -0.1) is 0 Å². The minimum absolute atomic E-state index is 0.0512. The molecule has 3 aromatic rings. The summed E-state index contributed by atoms with van der Waals surface area (Å²) >= 11 is 0. The first-order valence-electron chi connectivity index (χ1n) is 10.3. The van der Waals surface area contributed by atoms with E-state index in [-0.39, 0.29) is 12.5 Å². The van der Waals surface area contributed by atoms with Crippen molar-refractivity contribution in [1.29, 1.82) is 0 Å². The molecular formula is C22H27N5O2. The van der Waals surface area contributed by atoms with Gasteiger partial charge in [0.15, 0.2) is 11.3 Å². The SMILES string of the molecule is O=C(Nc1ccccc1CN1CCCCCC1)c1cc2ncc(CCO)cn2n1. The van der Waals surface area contributed by atoms with Gasteiger partial charge in [-0.25, -0.2) is 9.50 Å². The zero-order valence-electron chi connectivity index (χ0n) is 16.5. The number of anilines is 1. The third-order valence-corrected chi connectivity index (χ3v) is 5.36. The largest absolute Gasteiger partial charge is 0.396 e. The van der Waals surface area contributed by atoms with Gasteiger partial charge in [0.05, 0.1) is 0 Å². The van der Waals surface area contributed by atoms with Crippen LogP contribution in [-0.2, 0) is 13.0 Å². The van der Waals surface area contributed by atoms with Gasteiger partial charge in [-0.05, 0) is 49.5 Å². The van der Waals surface area contributed by atoms with E-state index in [1.165, 1.54) is 25.7 Å². The Morgan fingerprint density at radius 1 is 1.14 bits per heavy atom. The Labute approximate surface area is 170 Å². The first-order chi connectivity index (χ1) is 14.2. The fourth-order valence-corrected chi connectivity index (χ4v) is 3.79. The van der Waals surface area contributed by atoms with Crippen molar-refractivity contribution in [3.8, 4) is 0 Å². The first-order valence-corrected chi connectivity index (χ1v) is 10.3. The van der Waals surface area contributed by atoms with Gasteiger partial charge in [0.2, 0.25) is 0 Å². The fraction of sp³-hybridized carbons (Fsp3) is 0.409. The monoisotopic (exact) mass is 393 g/mol. The van der Waals surface area contributed by atoms with Gasteiger partial charge >= 0.3 is 0 Å². The Morgan fingerprint density at radius 2 is 1.93 bits per heavy atom. The number of hydrogen-bond donors (Lipinski definition) is 2. The molecule has 0 bridgehead atoms. The molecule has 0 radical (unpaired) electrons. The number of hydrogen-bond acceptors (Lipinski definition) is 5. The first kappa shape index (κ1) is 19.5. The lowest BCUT2D eigenvalue weighted by molar-refractivity contribution is 0.102. The number of para-hydroxylation sites is 1. The summed E-state index contributed by atoms with van der Waals surface area (Å²) in [5.74, 6) is -0.248. The van der Waals surface area contributed by atoms with Crippen molar-refractivity contribution in [2.75, 3.05) is 25.0 Å². The molecule has 7 nitrogen and oxygen atoms in total. The minimum Gasteiger partial charge on any atom is -0.396 e. The number of carbonyl (C=O) groups is 1. The highest BCUT2D eigenvalue weighted by atomic mass is 16.3. The third-order valence-electron chi connectivity index (χ3n) is 5.36. The van der Waals surface area contributed by atoms with E-state index in [2.05, 4.69) is 26.4 Å². The molecule has 0 unspecified atom stereocenters. The van der Waals surface area contributed by atoms with Crippen molar-refractivity contribution in [2.24, 2.45) is 0 Å². The Kier molecular flexibility index (Phi) is 6.17. The number of nitrogens with one attached hydrogen (secondary N) is 1. The van der Waals surface area contributed by atoms with E-state index < -0.39 is 0 Å². The van der Waals surface area contributed by atoms with Gasteiger partial charge in [-0.1, -0.05) is 31.0 Å². The van der Waals surface area contributed by atoms with E-state index in [4.69, 9.17) is 5.11 Å². The van der Waals surface area contributed by atoms with E-state index >= 15 is 0 Å². The lowest BCUT2D eigenvalue weighted by Gasteiger charge is -2.21. The summed E-state index contributed by atoms with van der Waals surface area (Å²) in [6, 6.07) is 9.65. The highest BCUT2D eigenvalue weighted by Crippen LogP contribution is 2.20. The number of aromatic nitrogens is 3. The molecule has 1 amide bonds. The van der Waals surface area contributed by atoms with Crippen LogP contribution in [0.15, 0.2) is 42.7 Å². The van der Waals surface area contributed by atoms with Crippen LogP contribution in [0, 0.1) is 0 Å². The van der Waals surface area contributed by atoms with Crippen molar-refractivity contribution < 1.29 is 9.90 Å². The van der Waals surface area contributed by atoms with Crippen LogP contribution in [0.1, 0.15) is 47.3 Å². The minimum atomic E-state index is -0.248. The average molecular weight is 393 g/mol. The molecule has 0 atom stereocenters. The second kappa shape index (κ2) is 9.15. The maximum atomic E-state index is 12.8. The summed E-state index contributed by atoms with van der Waals surface area (Å²) in [5, 5.41) is 16.5. The molecule has 0 aliphatic carbocycles. The van der Waals surface area contributed by atoms with Gasteiger partial charge in [0.25, 0.3) is 5.91 Å². The van der Waals surface area contributed by atoms with Crippen LogP contribution >= 0.6 is 0 Å². The third kappa shape index (κ3) is 4.81. The number of aliphatic hydroxyl groups is 1. The Hall–Kier alpha value is -2.77. The lowest BCUT2D eigenvalue weighted by Crippen LogP contribution is -2.25. The number of benzene rings is 1. The van der Waals surface area contributed by atoms with Crippen LogP contribution in [0.2, 0.25) is 0 Å². The van der Waals surface area contributed by atoms with Crippen LogP contribution in [0.25, 0.3) is 5.65 Å². The van der Waals surface area contributed by atoms with Crippen LogP contribution in [0.4, 0.5) is 5.69 Å². The van der Waals surface area contributed by atoms with Gasteiger partial charge in [-0.3, -0.25) is 9.69 Å². The molecule has 152 valence electrons. The molecule has 0 saturated carbocycles. The van der Waals surface area contributed by atoms with Crippen LogP contribution < -0.4 is 5.32 Å². The highest BCUT2D eigenvalue weighted by Gasteiger charge is 2.16.